The number of nitrogens with zero attached hydrogens (tertiary/aromatic N) is 5. The van der Waals surface area contributed by atoms with E-state index in [9.17, 15) is 17.9 Å². The van der Waals surface area contributed by atoms with Crippen molar-refractivity contribution in [2.24, 2.45) is 0 Å². The number of para-hydroxylation sites is 1. The fraction of sp³-hybridized carbons (Fsp3) is 0.393. The molecule has 4 aromatic rings. The highest BCUT2D eigenvalue weighted by molar-refractivity contribution is 7.93. The van der Waals surface area contributed by atoms with Crippen LogP contribution in [0.4, 0.5) is 10.3 Å². The second-order valence-electron chi connectivity index (χ2n) is 11.1. The van der Waals surface area contributed by atoms with Gasteiger partial charge >= 0.3 is 0 Å². The molecule has 2 atom stereocenters. The van der Waals surface area contributed by atoms with Crippen LogP contribution in [0, 0.1) is 12.7 Å². The van der Waals surface area contributed by atoms with E-state index in [0.29, 0.717) is 34.8 Å². The third kappa shape index (κ3) is 6.34. The summed E-state index contributed by atoms with van der Waals surface area (Å²) >= 11 is 0. The Kier molecular flexibility index (Phi) is 9.08. The van der Waals surface area contributed by atoms with E-state index in [0.717, 1.165) is 12.3 Å². The van der Waals surface area contributed by atoms with Gasteiger partial charge in [-0.2, -0.15) is 0 Å². The summed E-state index contributed by atoms with van der Waals surface area (Å²) in [6.07, 6.45) is -0.613. The van der Waals surface area contributed by atoms with E-state index >= 15 is 0 Å². The Bertz CT molecular complexity index is 1610. The van der Waals surface area contributed by atoms with Crippen LogP contribution >= 0.6 is 0 Å². The van der Waals surface area contributed by atoms with Gasteiger partial charge in [-0.1, -0.05) is 25.7 Å². The zero-order valence-electron chi connectivity index (χ0n) is 24.7. The molecule has 0 bridgehead atoms. The summed E-state index contributed by atoms with van der Waals surface area (Å²) in [5.41, 5.74) is 0.394. The topological polar surface area (TPSA) is 133 Å². The molecule has 1 N–H and O–H groups in total. The summed E-state index contributed by atoms with van der Waals surface area (Å²) in [4.78, 5) is 3.91. The summed E-state index contributed by atoms with van der Waals surface area (Å²) in [6, 6.07) is 11.6. The minimum Gasteiger partial charge on any atom is -0.494 e. The molecule has 0 saturated carbocycles. The van der Waals surface area contributed by atoms with E-state index in [-0.39, 0.29) is 24.0 Å². The molecule has 0 amide bonds. The lowest BCUT2D eigenvalue weighted by atomic mass is 10.2. The molecule has 226 valence electrons. The van der Waals surface area contributed by atoms with Gasteiger partial charge in [0.1, 0.15) is 40.1 Å². The quantitative estimate of drug-likeness (QED) is 0.219. The highest BCUT2D eigenvalue weighted by Crippen LogP contribution is 2.40. The Labute approximate surface area is 246 Å². The van der Waals surface area contributed by atoms with Crippen LogP contribution in [-0.4, -0.2) is 67.4 Å². The largest absolute Gasteiger partial charge is 0.494 e. The number of anilines is 1. The minimum atomic E-state index is -4.33. The van der Waals surface area contributed by atoms with Crippen LogP contribution < -0.4 is 13.8 Å². The fourth-order valence-corrected chi connectivity index (χ4v) is 6.97. The first kappa shape index (κ1) is 31.2. The van der Waals surface area contributed by atoms with Gasteiger partial charge in [0.05, 0.1) is 26.1 Å². The van der Waals surface area contributed by atoms with Gasteiger partial charge in [0, 0.05) is 14.6 Å². The lowest BCUT2D eigenvalue weighted by molar-refractivity contribution is 0.171. The summed E-state index contributed by atoms with van der Waals surface area (Å²) in [6.45, 7) is 9.62. The number of halogens is 1. The molecule has 0 unspecified atom stereocenters. The molecule has 0 aliphatic carbocycles. The van der Waals surface area contributed by atoms with Gasteiger partial charge in [-0.15, -0.1) is 10.2 Å². The zero-order valence-corrected chi connectivity index (χ0v) is 26.5. The number of furan rings is 1. The SMILES string of the molecule is COc1cccc(OC)c1-n1c(-c2ccc(C)o2)nnc1N(CC[Si](C)(C)C)S(=O)(=O)[C@@H](C)[C@H](O)c1ccc(F)cn1. The number of hydrogen-bond donors (Lipinski definition) is 1. The molecule has 0 saturated heterocycles. The molecule has 1 aromatic carbocycles. The van der Waals surface area contributed by atoms with Gasteiger partial charge in [0.25, 0.3) is 0 Å². The van der Waals surface area contributed by atoms with Crippen molar-refractivity contribution in [1.82, 2.24) is 19.7 Å². The second kappa shape index (κ2) is 12.2. The van der Waals surface area contributed by atoms with Crippen LogP contribution in [0.3, 0.4) is 0 Å². The lowest BCUT2D eigenvalue weighted by Gasteiger charge is -2.31. The number of aliphatic hydroxyl groups is 1. The van der Waals surface area contributed by atoms with E-state index in [1.54, 1.807) is 37.3 Å². The van der Waals surface area contributed by atoms with Gasteiger partial charge < -0.3 is 19.0 Å². The van der Waals surface area contributed by atoms with E-state index in [1.165, 1.54) is 36.1 Å². The standard InChI is InChI=1S/C28H36FN5O6SSi/c1-18-11-14-24(40-18)27-31-32-28(34(27)25-22(38-3)9-8-10-23(25)39-4)33(15-16-42(5,6)7)41(36,37)19(2)26(35)21-13-12-20(29)17-30-21/h8-14,17,19,26,35H,15-16H2,1-7H3/t19-,26-/m0/s1. The molecule has 4 rings (SSSR count). The van der Waals surface area contributed by atoms with Crippen molar-refractivity contribution in [2.75, 3.05) is 25.1 Å². The van der Waals surface area contributed by atoms with Crippen LogP contribution in [0.15, 0.2) is 53.1 Å². The number of methoxy groups -OCH3 is 2. The Morgan fingerprint density at radius 3 is 2.26 bits per heavy atom. The number of aliphatic hydroxyl groups excluding tert-OH is 1. The summed E-state index contributed by atoms with van der Waals surface area (Å²) < 4.78 is 62.2. The van der Waals surface area contributed by atoms with Crippen LogP contribution in [-0.2, 0) is 10.0 Å². The maximum absolute atomic E-state index is 14.4. The number of pyridine rings is 1. The Morgan fingerprint density at radius 1 is 1.07 bits per heavy atom. The molecule has 3 aromatic heterocycles. The number of sulfonamides is 1. The summed E-state index contributed by atoms with van der Waals surface area (Å²) in [5.74, 6) is 1.33. The maximum atomic E-state index is 14.4. The van der Waals surface area contributed by atoms with E-state index in [2.05, 4.69) is 34.8 Å². The maximum Gasteiger partial charge on any atom is 0.246 e. The third-order valence-electron chi connectivity index (χ3n) is 6.80. The van der Waals surface area contributed by atoms with Crippen LogP contribution in [0.5, 0.6) is 11.5 Å². The second-order valence-corrected chi connectivity index (χ2v) is 18.9. The number of aromatic nitrogens is 4. The molecular formula is C28H36FN5O6SSi. The normalized spacial score (nSPS) is 13.5. The first-order chi connectivity index (χ1) is 19.8. The summed E-state index contributed by atoms with van der Waals surface area (Å²) in [7, 11) is -3.14. The molecular weight excluding hydrogens is 581 g/mol. The Balaban J connectivity index is 1.96. The smallest absolute Gasteiger partial charge is 0.246 e. The van der Waals surface area contributed by atoms with Crippen LogP contribution in [0.25, 0.3) is 17.3 Å². The predicted octanol–water partition coefficient (Wildman–Crippen LogP) is 4.98. The fourth-order valence-electron chi connectivity index (χ4n) is 4.35. The van der Waals surface area contributed by atoms with Crippen molar-refractivity contribution < 1.29 is 31.8 Å². The van der Waals surface area contributed by atoms with Gasteiger partial charge in [-0.05, 0) is 56.3 Å². The van der Waals surface area contributed by atoms with E-state index in [4.69, 9.17) is 13.9 Å². The van der Waals surface area contributed by atoms with Gasteiger partial charge in [-0.25, -0.2) is 17.1 Å². The first-order valence-corrected chi connectivity index (χ1v) is 18.5. The third-order valence-corrected chi connectivity index (χ3v) is 10.7. The molecule has 14 heteroatoms. The molecule has 11 nitrogen and oxygen atoms in total. The monoisotopic (exact) mass is 617 g/mol. The van der Waals surface area contributed by atoms with Crippen molar-refractivity contribution in [1.29, 1.82) is 0 Å². The molecule has 0 fully saturated rings. The first-order valence-electron chi connectivity index (χ1n) is 13.3. The highest BCUT2D eigenvalue weighted by Gasteiger charge is 2.40. The molecule has 0 aliphatic heterocycles. The number of rotatable bonds is 12. The minimum absolute atomic E-state index is 0.0252. The molecule has 42 heavy (non-hydrogen) atoms. The average Bonchev–Trinajstić information content (AvgIpc) is 3.57. The number of ether oxygens (including phenoxy) is 2. The van der Waals surface area contributed by atoms with Crippen molar-refractivity contribution in [3.63, 3.8) is 0 Å². The van der Waals surface area contributed by atoms with Crippen LogP contribution in [0.2, 0.25) is 25.7 Å². The predicted molar refractivity (Wildman–Crippen MR) is 160 cm³/mol. The Morgan fingerprint density at radius 2 is 1.74 bits per heavy atom. The van der Waals surface area contributed by atoms with Crippen molar-refractivity contribution in [2.45, 2.75) is 50.9 Å². The van der Waals surface area contributed by atoms with Gasteiger partial charge in [0.15, 0.2) is 5.76 Å². The molecule has 3 heterocycles. The van der Waals surface area contributed by atoms with Gasteiger partial charge in [-0.3, -0.25) is 9.55 Å². The lowest BCUT2D eigenvalue weighted by Crippen LogP contribution is -2.44. The average molecular weight is 618 g/mol. The molecule has 0 spiro atoms. The number of benzene rings is 1. The van der Waals surface area contributed by atoms with Crippen molar-refractivity contribution >= 4 is 24.0 Å². The number of hydrogen-bond acceptors (Lipinski definition) is 9. The molecule has 0 aliphatic rings. The van der Waals surface area contributed by atoms with Crippen molar-refractivity contribution in [3.8, 4) is 28.8 Å². The van der Waals surface area contributed by atoms with Gasteiger partial charge in [0.2, 0.25) is 21.8 Å². The van der Waals surface area contributed by atoms with Crippen molar-refractivity contribution in [3.05, 3.63) is 65.9 Å². The molecule has 0 radical (unpaired) electrons. The highest BCUT2D eigenvalue weighted by atomic mass is 32.2. The summed E-state index contributed by atoms with van der Waals surface area (Å²) in [5, 5.41) is 18.5. The Hall–Kier alpha value is -3.75. The van der Waals surface area contributed by atoms with Crippen LogP contribution in [0.1, 0.15) is 24.5 Å². The van der Waals surface area contributed by atoms with E-state index < -0.39 is 35.3 Å². The zero-order chi connectivity index (χ0) is 30.8. The number of aryl methyl sites for hydroxylation is 1. The van der Waals surface area contributed by atoms with E-state index in [1.807, 2.05) is 0 Å².